The van der Waals surface area contributed by atoms with Crippen molar-refractivity contribution in [3.05, 3.63) is 0 Å². The first-order chi connectivity index (χ1) is 51.1. The summed E-state index contributed by atoms with van der Waals surface area (Å²) in [6, 6.07) is 0. The van der Waals surface area contributed by atoms with Crippen molar-refractivity contribution in [3.8, 4) is 0 Å². The van der Waals surface area contributed by atoms with Gasteiger partial charge in [-0.15, -0.1) is 0 Å². The third kappa shape index (κ3) is 78.5. The Labute approximate surface area is 645 Å². The topological polar surface area (TPSA) is 237 Å². The van der Waals surface area contributed by atoms with Crippen LogP contribution in [0.5, 0.6) is 0 Å². The summed E-state index contributed by atoms with van der Waals surface area (Å²) >= 11 is 0. The molecule has 0 aromatic carbocycles. The van der Waals surface area contributed by atoms with Crippen LogP contribution in [0.1, 0.15) is 465 Å². The SMILES string of the molecule is CCCCCCCCCCCCCCCCCCCCCCC(=O)O[C@H](COC(=O)CCCCCCCCCCCCCCCCCCCCC)COP(=O)(O)OC[C@@H](O)COP(=O)(O)OC[C@@H](COC(=O)CCCCCCCCCC)OC(=O)CCCCCCCCCCCCCCCCC(C)CC. The third-order valence-corrected chi connectivity index (χ3v) is 22.5. The number of unbranched alkanes of at least 4 members (excludes halogenated alkanes) is 57. The van der Waals surface area contributed by atoms with Gasteiger partial charge >= 0.3 is 39.5 Å². The van der Waals surface area contributed by atoms with Gasteiger partial charge in [-0.25, -0.2) is 9.13 Å². The number of aliphatic hydroxyl groups is 1. The molecule has 6 atom stereocenters. The maximum atomic E-state index is 13.1. The molecular formula is C86H168O17P2. The third-order valence-electron chi connectivity index (χ3n) is 20.6. The Bertz CT molecular complexity index is 2000. The molecule has 0 rings (SSSR count). The predicted molar refractivity (Wildman–Crippen MR) is 432 cm³/mol. The van der Waals surface area contributed by atoms with Crippen LogP contribution in [0, 0.1) is 5.92 Å². The van der Waals surface area contributed by atoms with Crippen LogP contribution in [0.15, 0.2) is 0 Å². The predicted octanol–water partition coefficient (Wildman–Crippen LogP) is 26.4. The highest BCUT2D eigenvalue weighted by Crippen LogP contribution is 2.45. The molecule has 17 nitrogen and oxygen atoms in total. The molecule has 0 spiro atoms. The number of ether oxygens (including phenoxy) is 4. The van der Waals surface area contributed by atoms with E-state index in [0.717, 1.165) is 102 Å². The molecule has 105 heavy (non-hydrogen) atoms. The molecule has 0 aliphatic heterocycles. The number of hydrogen-bond donors (Lipinski definition) is 3. The van der Waals surface area contributed by atoms with E-state index in [-0.39, 0.29) is 25.7 Å². The van der Waals surface area contributed by atoms with Crippen molar-refractivity contribution in [2.24, 2.45) is 5.92 Å². The van der Waals surface area contributed by atoms with Gasteiger partial charge in [0.25, 0.3) is 0 Å². The van der Waals surface area contributed by atoms with Crippen molar-refractivity contribution in [2.45, 2.75) is 483 Å². The minimum atomic E-state index is -4.96. The van der Waals surface area contributed by atoms with Gasteiger partial charge < -0.3 is 33.8 Å². The van der Waals surface area contributed by atoms with E-state index in [4.69, 9.17) is 37.0 Å². The smallest absolute Gasteiger partial charge is 0.462 e. The van der Waals surface area contributed by atoms with Crippen molar-refractivity contribution in [2.75, 3.05) is 39.6 Å². The van der Waals surface area contributed by atoms with E-state index in [0.29, 0.717) is 25.7 Å². The Morgan fingerprint density at radius 3 is 0.676 bits per heavy atom. The van der Waals surface area contributed by atoms with E-state index in [9.17, 15) is 43.2 Å². The molecule has 3 N–H and O–H groups in total. The van der Waals surface area contributed by atoms with Crippen LogP contribution < -0.4 is 0 Å². The number of esters is 4. The highest BCUT2D eigenvalue weighted by molar-refractivity contribution is 7.47. The normalized spacial score (nSPS) is 14.0. The molecule has 0 saturated carbocycles. The van der Waals surface area contributed by atoms with E-state index >= 15 is 0 Å². The summed E-state index contributed by atoms with van der Waals surface area (Å²) in [4.78, 5) is 73.1. The maximum Gasteiger partial charge on any atom is 0.472 e. The largest absolute Gasteiger partial charge is 0.472 e. The Kier molecular flexibility index (Phi) is 77.3. The first kappa shape index (κ1) is 103. The van der Waals surface area contributed by atoms with E-state index in [2.05, 4.69) is 34.6 Å². The van der Waals surface area contributed by atoms with Gasteiger partial charge in [-0.3, -0.25) is 37.3 Å². The van der Waals surface area contributed by atoms with Crippen LogP contribution in [-0.2, 0) is 65.4 Å². The summed E-state index contributed by atoms with van der Waals surface area (Å²) in [6.07, 6.45) is 72.3. The van der Waals surface area contributed by atoms with Crippen molar-refractivity contribution in [1.29, 1.82) is 0 Å². The second kappa shape index (κ2) is 78.7. The van der Waals surface area contributed by atoms with Crippen LogP contribution >= 0.6 is 15.6 Å². The lowest BCUT2D eigenvalue weighted by Gasteiger charge is -2.21. The molecular weight excluding hydrogens is 1370 g/mol. The average Bonchev–Trinajstić information content (AvgIpc) is 0.907. The fourth-order valence-corrected chi connectivity index (χ4v) is 15.0. The molecule has 0 bridgehead atoms. The Morgan fingerprint density at radius 2 is 0.457 bits per heavy atom. The molecule has 0 aromatic rings. The molecule has 624 valence electrons. The molecule has 3 unspecified atom stereocenters. The number of rotatable bonds is 86. The quantitative estimate of drug-likeness (QED) is 0.0222. The fraction of sp³-hybridized carbons (Fsp3) is 0.953. The number of phosphoric acid groups is 2. The summed E-state index contributed by atoms with van der Waals surface area (Å²) in [5, 5.41) is 10.7. The standard InChI is InChI=1S/C86H168O17P2/c1-6-10-13-16-19-22-24-26-28-30-32-34-36-38-43-47-51-56-61-66-71-86(91)103-82(76-97-84(89)70-65-60-55-50-46-42-37-35-33-31-29-27-25-23-20-17-14-11-7-2)78-101-105(94,95)99-74-80(87)73-98-104(92,93)100-77-81(75-96-83(88)69-64-59-54-21-18-15-12-8-3)102-85(90)72-67-62-57-52-48-44-40-39-41-45-49-53-58-63-68-79(5)9-4/h79-82,87H,6-78H2,1-5H3,(H,92,93)(H,94,95)/t79?,80-,81+,82+/m0/s1. The van der Waals surface area contributed by atoms with Gasteiger partial charge in [-0.05, 0) is 31.6 Å². The molecule has 0 amide bonds. The monoisotopic (exact) mass is 1540 g/mol. The zero-order chi connectivity index (χ0) is 76.9. The first-order valence-electron chi connectivity index (χ1n) is 44.7. The lowest BCUT2D eigenvalue weighted by atomic mass is 9.99. The van der Waals surface area contributed by atoms with E-state index in [1.54, 1.807) is 0 Å². The minimum absolute atomic E-state index is 0.108. The fourth-order valence-electron chi connectivity index (χ4n) is 13.4. The molecule has 0 heterocycles. The number of phosphoric ester groups is 2. The highest BCUT2D eigenvalue weighted by Gasteiger charge is 2.30. The van der Waals surface area contributed by atoms with Crippen LogP contribution in [0.4, 0.5) is 0 Å². The van der Waals surface area contributed by atoms with Crippen molar-refractivity contribution in [3.63, 3.8) is 0 Å². The van der Waals surface area contributed by atoms with Gasteiger partial charge in [0.05, 0.1) is 26.4 Å². The first-order valence-corrected chi connectivity index (χ1v) is 47.7. The number of carbonyl (C=O) groups excluding carboxylic acids is 4. The van der Waals surface area contributed by atoms with Crippen LogP contribution in [0.2, 0.25) is 0 Å². The molecule has 0 saturated heterocycles. The summed E-state index contributed by atoms with van der Waals surface area (Å²) in [5.74, 6) is -1.26. The van der Waals surface area contributed by atoms with Crippen molar-refractivity contribution in [1.82, 2.24) is 0 Å². The van der Waals surface area contributed by atoms with Crippen LogP contribution in [0.25, 0.3) is 0 Å². The van der Waals surface area contributed by atoms with E-state index in [1.807, 2.05) is 0 Å². The van der Waals surface area contributed by atoms with Gasteiger partial charge in [0, 0.05) is 25.7 Å². The Hall–Kier alpha value is -1.94. The molecule has 0 aliphatic carbocycles. The minimum Gasteiger partial charge on any atom is -0.462 e. The number of carbonyl (C=O) groups is 4. The second-order valence-corrected chi connectivity index (χ2v) is 34.1. The van der Waals surface area contributed by atoms with Crippen LogP contribution in [-0.4, -0.2) is 96.7 Å². The van der Waals surface area contributed by atoms with E-state index in [1.165, 1.54) is 283 Å². The summed E-state index contributed by atoms with van der Waals surface area (Å²) < 4.78 is 68.8. The Balaban J connectivity index is 5.19. The van der Waals surface area contributed by atoms with Gasteiger partial charge in [0.2, 0.25) is 0 Å². The number of aliphatic hydroxyl groups excluding tert-OH is 1. The Morgan fingerprint density at radius 1 is 0.267 bits per heavy atom. The average molecular weight is 1540 g/mol. The highest BCUT2D eigenvalue weighted by atomic mass is 31.2. The van der Waals surface area contributed by atoms with Gasteiger partial charge in [0.1, 0.15) is 19.3 Å². The summed E-state index contributed by atoms with van der Waals surface area (Å²) in [7, 11) is -9.92. The van der Waals surface area contributed by atoms with Gasteiger partial charge in [-0.1, -0.05) is 413 Å². The van der Waals surface area contributed by atoms with Crippen molar-refractivity contribution >= 4 is 39.5 Å². The zero-order valence-electron chi connectivity index (χ0n) is 68.9. The summed E-state index contributed by atoms with van der Waals surface area (Å²) in [5.41, 5.74) is 0. The lowest BCUT2D eigenvalue weighted by molar-refractivity contribution is -0.161. The molecule has 0 aromatic heterocycles. The molecule has 0 radical (unpaired) electrons. The maximum absolute atomic E-state index is 13.1. The van der Waals surface area contributed by atoms with Gasteiger partial charge in [-0.2, -0.15) is 0 Å². The van der Waals surface area contributed by atoms with Gasteiger partial charge in [0.15, 0.2) is 12.2 Å². The number of hydrogen-bond acceptors (Lipinski definition) is 15. The summed E-state index contributed by atoms with van der Waals surface area (Å²) in [6.45, 7) is 7.39. The molecule has 19 heteroatoms. The molecule has 0 fully saturated rings. The molecule has 0 aliphatic rings. The van der Waals surface area contributed by atoms with Crippen LogP contribution in [0.3, 0.4) is 0 Å². The zero-order valence-corrected chi connectivity index (χ0v) is 70.7. The second-order valence-electron chi connectivity index (χ2n) is 31.2. The van der Waals surface area contributed by atoms with E-state index < -0.39 is 97.5 Å². The van der Waals surface area contributed by atoms with Crippen molar-refractivity contribution < 1.29 is 80.2 Å². The lowest BCUT2D eigenvalue weighted by Crippen LogP contribution is -2.30.